The molecule has 3 aromatic rings. The topological polar surface area (TPSA) is 138 Å². The molecule has 0 aromatic carbocycles. The summed E-state index contributed by atoms with van der Waals surface area (Å²) in [5.41, 5.74) is 15.6. The Bertz CT molecular complexity index is 1380. The van der Waals surface area contributed by atoms with Gasteiger partial charge in [0.15, 0.2) is 0 Å². The Morgan fingerprint density at radius 3 is 1.33 bits per heavy atom. The normalized spacial score (nSPS) is 8.82. The van der Waals surface area contributed by atoms with E-state index in [0.717, 1.165) is 47.0 Å². The van der Waals surface area contributed by atoms with Crippen LogP contribution in [-0.2, 0) is 9.47 Å². The van der Waals surface area contributed by atoms with Gasteiger partial charge >= 0.3 is 6.09 Å². The average molecular weight is 734 g/mol. The molecule has 0 fully saturated rings. The van der Waals surface area contributed by atoms with E-state index >= 15 is 0 Å². The molecule has 0 spiro atoms. The molecule has 0 saturated carbocycles. The minimum atomic E-state index is -0.488. The lowest BCUT2D eigenvalue weighted by molar-refractivity contribution is 0.0535. The molecule has 0 aliphatic heterocycles. The van der Waals surface area contributed by atoms with Gasteiger partial charge in [0.1, 0.15) is 5.60 Å². The third-order valence-corrected chi connectivity index (χ3v) is 4.76. The van der Waals surface area contributed by atoms with Crippen molar-refractivity contribution < 1.29 is 14.3 Å². The van der Waals surface area contributed by atoms with Gasteiger partial charge in [0, 0.05) is 65.6 Å². The lowest BCUT2D eigenvalue weighted by atomic mass is 10.2. The first-order valence-electron chi connectivity index (χ1n) is 15.2. The van der Waals surface area contributed by atoms with Gasteiger partial charge in [-0.25, -0.2) is 4.79 Å². The van der Waals surface area contributed by atoms with Crippen LogP contribution in [0.1, 0.15) is 68.4 Å². The summed E-state index contributed by atoms with van der Waals surface area (Å²) in [6, 6.07) is 11.5. The van der Waals surface area contributed by atoms with Crippen molar-refractivity contribution in [3.63, 3.8) is 0 Å². The molecule has 0 saturated heterocycles. The number of nitrogens with zero attached hydrogens (tertiary/aromatic N) is 3. The first-order valence-corrected chi connectivity index (χ1v) is 16.2. The first-order chi connectivity index (χ1) is 22.8. The lowest BCUT2D eigenvalue weighted by Crippen LogP contribution is -2.32. The Labute approximate surface area is 310 Å². The number of rotatable bonds is 3. The number of hydrogen-bond donors (Lipinski definition) is 3. The predicted octanol–water partition coefficient (Wildman–Crippen LogP) is 6.55. The van der Waals surface area contributed by atoms with E-state index < -0.39 is 11.7 Å². The van der Waals surface area contributed by atoms with Gasteiger partial charge in [-0.05, 0) is 91.8 Å². The molecule has 49 heavy (non-hydrogen) atoms. The van der Waals surface area contributed by atoms with Gasteiger partial charge < -0.3 is 26.3 Å². The van der Waals surface area contributed by atoms with E-state index in [1.165, 1.54) is 0 Å². The van der Waals surface area contributed by atoms with Crippen molar-refractivity contribution in [2.45, 2.75) is 61.0 Å². The maximum Gasteiger partial charge on any atom is 0.408 e. The van der Waals surface area contributed by atoms with Crippen molar-refractivity contribution in [2.75, 3.05) is 38.2 Å². The second-order valence-electron chi connectivity index (χ2n) is 10.1. The fourth-order valence-electron chi connectivity index (χ4n) is 2.71. The molecule has 0 aliphatic carbocycles. The minimum absolute atomic E-state index is 0. The van der Waals surface area contributed by atoms with Crippen molar-refractivity contribution in [3.8, 4) is 35.5 Å². The number of ether oxygens (including phenoxy) is 2. The Morgan fingerprint density at radius 1 is 0.735 bits per heavy atom. The highest BCUT2D eigenvalue weighted by Crippen LogP contribution is 2.06. The van der Waals surface area contributed by atoms with Crippen molar-refractivity contribution >= 4 is 41.7 Å². The molecule has 12 heteroatoms. The van der Waals surface area contributed by atoms with Gasteiger partial charge in [-0.15, -0.1) is 35.6 Å². The summed E-state index contributed by atoms with van der Waals surface area (Å²) in [5.74, 6) is 17.1. The van der Waals surface area contributed by atoms with Crippen LogP contribution in [0, 0.1) is 56.3 Å². The van der Waals surface area contributed by atoms with E-state index in [-0.39, 0.29) is 24.3 Å². The zero-order chi connectivity index (χ0) is 36.6. The highest BCUT2D eigenvalue weighted by atomic mass is 35.5. The summed E-state index contributed by atoms with van der Waals surface area (Å²) in [5, 5.41) is 2.76. The average Bonchev–Trinajstić information content (AvgIpc) is 3.04. The number of aryl methyl sites for hydroxylation is 3. The Kier molecular flexibility index (Phi) is 33.0. The Balaban J connectivity index is -0.000000595. The summed E-state index contributed by atoms with van der Waals surface area (Å²) < 4.78 is 9.91. The molecule has 9 nitrogen and oxygen atoms in total. The molecular weight excluding hydrogens is 683 g/mol. The zero-order valence-corrected chi connectivity index (χ0v) is 32.2. The van der Waals surface area contributed by atoms with E-state index in [4.69, 9.17) is 44.1 Å². The van der Waals surface area contributed by atoms with Crippen LogP contribution in [0.25, 0.3) is 0 Å². The van der Waals surface area contributed by atoms with Gasteiger partial charge in [-0.3, -0.25) is 15.0 Å². The number of carbonyl (C=O) groups is 1. The maximum absolute atomic E-state index is 11.3. The van der Waals surface area contributed by atoms with Gasteiger partial charge in [0.25, 0.3) is 0 Å². The Hall–Kier alpha value is -3.85. The van der Waals surface area contributed by atoms with Crippen LogP contribution in [0.15, 0.2) is 55.0 Å². The summed E-state index contributed by atoms with van der Waals surface area (Å²) in [7, 11) is 0. The number of amides is 1. The SMILES string of the molecule is CCOCC.Cc1ccc(C#CCN)cn1.Cc1ccc(C#CCN)cn1.Cc1ccc(C#CCNC(=O)OC(C)(C)C)cn1.Cl.ClCCl. The van der Waals surface area contributed by atoms with E-state index in [0.29, 0.717) is 13.1 Å². The molecule has 3 aromatic heterocycles. The number of aromatic nitrogens is 3. The molecule has 0 aliphatic rings. The van der Waals surface area contributed by atoms with Crippen molar-refractivity contribution in [2.24, 2.45) is 11.5 Å². The first kappa shape index (κ1) is 49.5. The van der Waals surface area contributed by atoms with E-state index in [9.17, 15) is 4.79 Å². The summed E-state index contributed by atoms with van der Waals surface area (Å²) in [4.78, 5) is 23.6. The maximum atomic E-state index is 11.3. The molecule has 5 N–H and O–H groups in total. The number of nitrogens with one attached hydrogen (secondary N) is 1. The van der Waals surface area contributed by atoms with Crippen LogP contribution in [0.3, 0.4) is 0 Å². The number of hydrogen-bond acceptors (Lipinski definition) is 8. The number of halogens is 3. The van der Waals surface area contributed by atoms with E-state index in [1.54, 1.807) is 18.6 Å². The smallest absolute Gasteiger partial charge is 0.408 e. The van der Waals surface area contributed by atoms with Crippen LogP contribution >= 0.6 is 35.6 Å². The van der Waals surface area contributed by atoms with Crippen LogP contribution in [0.5, 0.6) is 0 Å². The largest absolute Gasteiger partial charge is 0.444 e. The molecule has 0 unspecified atom stereocenters. The monoisotopic (exact) mass is 732 g/mol. The molecule has 0 atom stereocenters. The molecular formula is C37H51Cl3N6O3. The van der Waals surface area contributed by atoms with E-state index in [1.807, 2.05) is 91.8 Å². The highest BCUT2D eigenvalue weighted by Gasteiger charge is 2.14. The molecule has 0 radical (unpaired) electrons. The summed E-state index contributed by atoms with van der Waals surface area (Å²) in [6.07, 6.45) is 4.74. The number of nitrogens with two attached hydrogens (primary N) is 2. The van der Waals surface area contributed by atoms with Gasteiger partial charge in [0.2, 0.25) is 0 Å². The fourth-order valence-corrected chi connectivity index (χ4v) is 2.71. The third-order valence-electron chi connectivity index (χ3n) is 4.76. The number of alkyl carbamates (subject to hydrolysis) is 1. The van der Waals surface area contributed by atoms with Crippen LogP contribution in [-0.4, -0.2) is 64.8 Å². The second-order valence-corrected chi connectivity index (χ2v) is 10.9. The summed E-state index contributed by atoms with van der Waals surface area (Å²) in [6.45, 7) is 18.0. The third kappa shape index (κ3) is 33.8. The molecule has 3 heterocycles. The fraction of sp³-hybridized carbons (Fsp3) is 0.405. The predicted molar refractivity (Wildman–Crippen MR) is 206 cm³/mol. The van der Waals surface area contributed by atoms with Crippen molar-refractivity contribution in [1.29, 1.82) is 0 Å². The standard InChI is InChI=1S/C14H18N2O2.2C9H10N2.C4H10O.CH2Cl2.ClH/c1-11-7-8-12(10-16-11)6-5-9-15-13(17)18-14(2,3)4;2*1-8-4-5-9(7-11-8)3-2-6-10;1-3-5-4-2;2-1-3;/h7-8,10H,9H2,1-4H3,(H,15,17);2*4-5,7H,6,10H2,1H3;3-4H2,1-2H3;1H2;1H. The van der Waals surface area contributed by atoms with Crippen LogP contribution in [0.2, 0.25) is 0 Å². The molecule has 0 bridgehead atoms. The zero-order valence-electron chi connectivity index (χ0n) is 29.8. The van der Waals surface area contributed by atoms with Gasteiger partial charge in [0.05, 0.1) is 25.0 Å². The molecule has 3 rings (SSSR count). The minimum Gasteiger partial charge on any atom is -0.444 e. The molecule has 268 valence electrons. The highest BCUT2D eigenvalue weighted by molar-refractivity contribution is 6.40. The van der Waals surface area contributed by atoms with Gasteiger partial charge in [-0.1, -0.05) is 35.5 Å². The van der Waals surface area contributed by atoms with E-state index in [2.05, 4.69) is 55.8 Å². The Morgan fingerprint density at radius 2 is 1.08 bits per heavy atom. The van der Waals surface area contributed by atoms with Crippen LogP contribution in [0.4, 0.5) is 4.79 Å². The molecule has 1 amide bonds. The lowest BCUT2D eigenvalue weighted by Gasteiger charge is -2.18. The van der Waals surface area contributed by atoms with Crippen molar-refractivity contribution in [3.05, 3.63) is 88.8 Å². The summed E-state index contributed by atoms with van der Waals surface area (Å²) >= 11 is 9.53. The van der Waals surface area contributed by atoms with Gasteiger partial charge in [-0.2, -0.15) is 0 Å². The quantitative estimate of drug-likeness (QED) is 0.204. The second kappa shape index (κ2) is 32.7. The number of pyridine rings is 3. The number of alkyl halides is 2. The van der Waals surface area contributed by atoms with Crippen molar-refractivity contribution in [1.82, 2.24) is 20.3 Å². The number of carbonyl (C=O) groups excluding carboxylic acids is 1. The van der Waals surface area contributed by atoms with Crippen LogP contribution < -0.4 is 16.8 Å².